The number of amides is 1. The van der Waals surface area contributed by atoms with Gasteiger partial charge in [0.15, 0.2) is 0 Å². The number of benzene rings is 1. The van der Waals surface area contributed by atoms with E-state index in [2.05, 4.69) is 10.6 Å². The van der Waals surface area contributed by atoms with Crippen molar-refractivity contribution >= 4 is 17.7 Å². The Bertz CT molecular complexity index is 549. The van der Waals surface area contributed by atoms with E-state index in [0.717, 1.165) is 6.54 Å². The van der Waals surface area contributed by atoms with Crippen LogP contribution in [-0.2, 0) is 10.5 Å². The highest BCUT2D eigenvalue weighted by molar-refractivity contribution is 6.30. The van der Waals surface area contributed by atoms with E-state index in [1.54, 1.807) is 39.0 Å². The minimum absolute atomic E-state index is 0.0968. The van der Waals surface area contributed by atoms with E-state index in [-0.39, 0.29) is 12.1 Å². The quantitative estimate of drug-likeness (QED) is 0.580. The number of nitrogens with zero attached hydrogens (tertiary/aromatic N) is 1. The molecule has 7 heteroatoms. The Morgan fingerprint density at radius 3 is 2.54 bits per heavy atom. The fourth-order valence-electron chi connectivity index (χ4n) is 1.98. The smallest absolute Gasteiger partial charge is 0.410 e. The number of nitrogens with one attached hydrogen (secondary N) is 2. The van der Waals surface area contributed by atoms with Gasteiger partial charge in [0.1, 0.15) is 5.60 Å². The predicted molar refractivity (Wildman–Crippen MR) is 95.0 cm³/mol. The molecule has 1 atom stereocenters. The maximum atomic E-state index is 15.5. The SMILES string of the molecule is CN(C)CCNCC(F)(NC(=O)OC(C)(C)C)c1cccc(Cl)c1. The van der Waals surface area contributed by atoms with E-state index in [1.165, 1.54) is 6.07 Å². The van der Waals surface area contributed by atoms with Crippen LogP contribution < -0.4 is 10.6 Å². The van der Waals surface area contributed by atoms with Crippen molar-refractivity contribution < 1.29 is 13.9 Å². The summed E-state index contributed by atoms with van der Waals surface area (Å²) < 4.78 is 20.7. The van der Waals surface area contributed by atoms with Gasteiger partial charge in [-0.05, 0) is 47.0 Å². The van der Waals surface area contributed by atoms with E-state index in [1.807, 2.05) is 19.0 Å². The zero-order valence-corrected chi connectivity index (χ0v) is 15.7. The van der Waals surface area contributed by atoms with Gasteiger partial charge in [0.2, 0.25) is 5.79 Å². The summed E-state index contributed by atoms with van der Waals surface area (Å²) in [5.74, 6) is -2.13. The zero-order chi connectivity index (χ0) is 18.4. The Hall–Kier alpha value is -1.37. The molecule has 0 aliphatic rings. The summed E-state index contributed by atoms with van der Waals surface area (Å²) in [5.41, 5.74) is -0.448. The Balaban J connectivity index is 2.88. The topological polar surface area (TPSA) is 53.6 Å². The van der Waals surface area contributed by atoms with Crippen LogP contribution in [0.3, 0.4) is 0 Å². The van der Waals surface area contributed by atoms with Crippen LogP contribution in [0.5, 0.6) is 0 Å². The second kappa shape index (κ2) is 8.65. The van der Waals surface area contributed by atoms with Crippen LogP contribution in [0.15, 0.2) is 24.3 Å². The number of ether oxygens (including phenoxy) is 1. The third kappa shape index (κ3) is 7.47. The Kier molecular flexibility index (Phi) is 7.45. The largest absolute Gasteiger partial charge is 0.444 e. The Labute approximate surface area is 148 Å². The van der Waals surface area contributed by atoms with Crippen LogP contribution in [0.25, 0.3) is 0 Å². The number of halogens is 2. The molecule has 5 nitrogen and oxygen atoms in total. The lowest BCUT2D eigenvalue weighted by Crippen LogP contribution is -2.51. The molecule has 136 valence electrons. The Morgan fingerprint density at radius 1 is 1.33 bits per heavy atom. The first kappa shape index (κ1) is 20.7. The monoisotopic (exact) mass is 359 g/mol. The van der Waals surface area contributed by atoms with E-state index in [4.69, 9.17) is 16.3 Å². The first-order valence-electron chi connectivity index (χ1n) is 7.83. The first-order valence-corrected chi connectivity index (χ1v) is 8.21. The van der Waals surface area contributed by atoms with Crippen molar-refractivity contribution in [2.24, 2.45) is 0 Å². The lowest BCUT2D eigenvalue weighted by molar-refractivity contribution is 0.0269. The van der Waals surface area contributed by atoms with Crippen molar-refractivity contribution in [1.82, 2.24) is 15.5 Å². The van der Waals surface area contributed by atoms with Crippen molar-refractivity contribution in [3.63, 3.8) is 0 Å². The summed E-state index contributed by atoms with van der Waals surface area (Å²) >= 11 is 5.96. The van der Waals surface area contributed by atoms with Crippen LogP contribution in [0.2, 0.25) is 5.02 Å². The lowest BCUT2D eigenvalue weighted by Gasteiger charge is -2.29. The predicted octanol–water partition coefficient (Wildman–Crippen LogP) is 3.14. The van der Waals surface area contributed by atoms with Crippen LogP contribution in [0, 0.1) is 0 Å². The number of rotatable bonds is 7. The summed E-state index contributed by atoms with van der Waals surface area (Å²) in [6.45, 7) is 6.40. The van der Waals surface area contributed by atoms with Gasteiger partial charge in [0.25, 0.3) is 0 Å². The van der Waals surface area contributed by atoms with Crippen LogP contribution >= 0.6 is 11.6 Å². The molecule has 0 bridgehead atoms. The molecule has 1 unspecified atom stereocenters. The molecule has 0 saturated heterocycles. The van der Waals surface area contributed by atoms with Gasteiger partial charge in [0, 0.05) is 23.7 Å². The van der Waals surface area contributed by atoms with Gasteiger partial charge in [-0.25, -0.2) is 9.18 Å². The normalized spacial score (nSPS) is 14.3. The molecule has 0 aromatic heterocycles. The standard InChI is InChI=1S/C17H27ClFN3O2/c1-16(2,3)24-15(23)21-17(19,12-20-9-10-22(4)5)13-7-6-8-14(18)11-13/h6-8,11,20H,9-10,12H2,1-5H3,(H,21,23). The number of carbonyl (C=O) groups is 1. The van der Waals surface area contributed by atoms with Crippen molar-refractivity contribution in [2.75, 3.05) is 33.7 Å². The molecule has 1 rings (SSSR count). The maximum absolute atomic E-state index is 15.5. The molecule has 24 heavy (non-hydrogen) atoms. The summed E-state index contributed by atoms with van der Waals surface area (Å²) in [4.78, 5) is 14.0. The van der Waals surface area contributed by atoms with Gasteiger partial charge in [-0.3, -0.25) is 5.32 Å². The van der Waals surface area contributed by atoms with E-state index >= 15 is 4.39 Å². The molecule has 0 aliphatic heterocycles. The molecular weight excluding hydrogens is 333 g/mol. The van der Waals surface area contributed by atoms with Gasteiger partial charge in [-0.2, -0.15) is 0 Å². The molecule has 0 fully saturated rings. The van der Waals surface area contributed by atoms with Crippen LogP contribution in [-0.4, -0.2) is 50.3 Å². The second-order valence-electron chi connectivity index (χ2n) is 6.92. The van der Waals surface area contributed by atoms with Gasteiger partial charge < -0.3 is 15.0 Å². The summed E-state index contributed by atoms with van der Waals surface area (Å²) in [6.07, 6.45) is -0.820. The van der Waals surface area contributed by atoms with Gasteiger partial charge in [-0.15, -0.1) is 0 Å². The van der Waals surface area contributed by atoms with Crippen molar-refractivity contribution in [1.29, 1.82) is 0 Å². The average Bonchev–Trinajstić information content (AvgIpc) is 2.41. The molecule has 0 spiro atoms. The number of carbonyl (C=O) groups excluding carboxylic acids is 1. The number of alkyl carbamates (subject to hydrolysis) is 1. The third-order valence-electron chi connectivity index (χ3n) is 3.09. The van der Waals surface area contributed by atoms with Crippen LogP contribution in [0.1, 0.15) is 26.3 Å². The maximum Gasteiger partial charge on any atom is 0.410 e. The summed E-state index contributed by atoms with van der Waals surface area (Å²) in [7, 11) is 3.86. The summed E-state index contributed by atoms with van der Waals surface area (Å²) in [6, 6.07) is 6.37. The molecule has 0 heterocycles. The highest BCUT2D eigenvalue weighted by Crippen LogP contribution is 2.25. The van der Waals surface area contributed by atoms with Crippen molar-refractivity contribution in [3.05, 3.63) is 34.9 Å². The van der Waals surface area contributed by atoms with Gasteiger partial charge in [-0.1, -0.05) is 23.7 Å². The second-order valence-corrected chi connectivity index (χ2v) is 7.35. The highest BCUT2D eigenvalue weighted by Gasteiger charge is 2.35. The lowest BCUT2D eigenvalue weighted by atomic mass is 10.0. The van der Waals surface area contributed by atoms with E-state index < -0.39 is 17.5 Å². The van der Waals surface area contributed by atoms with Crippen molar-refractivity contribution in [2.45, 2.75) is 32.2 Å². The number of likely N-dealkylation sites (N-methyl/N-ethyl adjacent to an activating group) is 1. The molecular formula is C17H27ClFN3O2. The Morgan fingerprint density at radius 2 is 2.00 bits per heavy atom. The minimum Gasteiger partial charge on any atom is -0.444 e. The molecule has 1 aromatic carbocycles. The molecule has 0 aliphatic carbocycles. The fraction of sp³-hybridized carbons (Fsp3) is 0.588. The molecule has 2 N–H and O–H groups in total. The first-order chi connectivity index (χ1) is 11.0. The van der Waals surface area contributed by atoms with Gasteiger partial charge in [0.05, 0.1) is 6.54 Å². The van der Waals surface area contributed by atoms with Gasteiger partial charge >= 0.3 is 6.09 Å². The van der Waals surface area contributed by atoms with Crippen LogP contribution in [0.4, 0.5) is 9.18 Å². The van der Waals surface area contributed by atoms with E-state index in [9.17, 15) is 4.79 Å². The number of hydrogen-bond acceptors (Lipinski definition) is 4. The number of hydrogen-bond donors (Lipinski definition) is 2. The number of alkyl halides is 1. The molecule has 1 amide bonds. The molecule has 1 aromatic rings. The minimum atomic E-state index is -2.13. The highest BCUT2D eigenvalue weighted by atomic mass is 35.5. The third-order valence-corrected chi connectivity index (χ3v) is 3.32. The van der Waals surface area contributed by atoms with E-state index in [0.29, 0.717) is 11.6 Å². The molecule has 0 radical (unpaired) electrons. The zero-order valence-electron chi connectivity index (χ0n) is 15.0. The molecule has 0 saturated carbocycles. The average molecular weight is 360 g/mol. The van der Waals surface area contributed by atoms with Crippen molar-refractivity contribution in [3.8, 4) is 0 Å². The summed E-state index contributed by atoms with van der Waals surface area (Å²) in [5, 5.41) is 5.73. The fourth-order valence-corrected chi connectivity index (χ4v) is 2.17.